The van der Waals surface area contributed by atoms with Gasteiger partial charge >= 0.3 is 0 Å². The zero-order chi connectivity index (χ0) is 61.4. The van der Waals surface area contributed by atoms with Gasteiger partial charge < -0.3 is 23.7 Å². The number of rotatable bonds is 8. The first-order chi connectivity index (χ1) is 43.6. The molecule has 15 rings (SSSR count). The summed E-state index contributed by atoms with van der Waals surface area (Å²) in [5.41, 5.74) is 16.6. The molecule has 5 aliphatic heterocycles. The molecule has 5 aliphatic rings. The van der Waals surface area contributed by atoms with E-state index < -0.39 is 0 Å². The number of hydrogen-bond acceptors (Lipinski definition) is 5. The topological polar surface area (TPSA) is 61.2 Å². The molecule has 0 amide bonds. The Bertz CT molecular complexity index is 4090. The minimum Gasteiger partial charge on any atom is -0.435 e. The Hall–Kier alpha value is -10.5. The Morgan fingerprint density at radius 1 is 0.303 bits per heavy atom. The minimum atomic E-state index is 0.133. The van der Waals surface area contributed by atoms with Crippen molar-refractivity contribution in [3.8, 4) is 28.7 Å². The van der Waals surface area contributed by atoms with Crippen LogP contribution in [0.3, 0.4) is 0 Å². The molecule has 0 saturated heterocycles. The van der Waals surface area contributed by atoms with E-state index in [-0.39, 0.29) is 5.41 Å². The lowest BCUT2D eigenvalue weighted by atomic mass is 9.81. The average molecular weight is 1180 g/mol. The maximum absolute atomic E-state index is 6.10. The van der Waals surface area contributed by atoms with E-state index in [0.29, 0.717) is 33.7 Å². The van der Waals surface area contributed by atoms with Crippen molar-refractivity contribution in [1.29, 1.82) is 0 Å². The number of ether oxygens (including phenoxy) is 5. The second-order valence-corrected chi connectivity index (χ2v) is 22.7. The van der Waals surface area contributed by atoms with Crippen LogP contribution in [0.25, 0.3) is 0 Å². The average Bonchev–Trinajstić information content (AvgIpc) is 3.75. The number of para-hydroxylation sites is 10. The van der Waals surface area contributed by atoms with Crippen LogP contribution in [0, 0.1) is 13.8 Å². The highest BCUT2D eigenvalue weighted by Crippen LogP contribution is 2.38. The van der Waals surface area contributed by atoms with E-state index in [4.69, 9.17) is 23.7 Å². The van der Waals surface area contributed by atoms with Crippen molar-refractivity contribution in [1.82, 2.24) is 0 Å². The van der Waals surface area contributed by atoms with Gasteiger partial charge in [0.15, 0.2) is 31.1 Å². The summed E-state index contributed by atoms with van der Waals surface area (Å²) in [7, 11) is 0. The molecule has 10 aromatic rings. The molecule has 10 aromatic carbocycles. The lowest BCUT2D eigenvalue weighted by Gasteiger charge is -2.27. The standard InChI is InChI=1S/C19H22NO.C16H16NO.2C15H14NO.C14H12NO/c1-4-19(2,3)17-12-8-9-15-13-20(14-21-18(15)17)16-10-6-5-7-11-16;1-2-13-7-6-8-14-11-17(12-18-16(13)14)15-9-4-3-5-10-15;2*1-12-6-5-7-13-10-16(11-17-15(12)13)14-8-3-2-4-9-14;1-2-7-13(8-3-1)15-10-12-6-4-5-9-14(12)16-11-15/h5-13H,4,14H2,1-3H3;3-11H,2,12H2,1H3;2*2-10H,11H2,1H3;1-10H,11H2/q5*+1. The molecule has 0 atom stereocenters. The van der Waals surface area contributed by atoms with Crippen LogP contribution in [-0.2, 0) is 11.8 Å². The van der Waals surface area contributed by atoms with E-state index in [1.807, 2.05) is 97.1 Å². The van der Waals surface area contributed by atoms with Crippen molar-refractivity contribution in [2.24, 2.45) is 0 Å². The summed E-state index contributed by atoms with van der Waals surface area (Å²) in [5, 5.41) is 0. The summed E-state index contributed by atoms with van der Waals surface area (Å²) >= 11 is 0. The van der Waals surface area contributed by atoms with Gasteiger partial charge in [-0.3, -0.25) is 0 Å². The Morgan fingerprint density at radius 3 is 1.01 bits per heavy atom. The maximum atomic E-state index is 6.10. The van der Waals surface area contributed by atoms with Crippen LogP contribution < -0.4 is 23.7 Å². The van der Waals surface area contributed by atoms with Gasteiger partial charge in [-0.15, -0.1) is 0 Å². The van der Waals surface area contributed by atoms with Gasteiger partial charge in [-0.2, -0.15) is 22.9 Å². The molecular formula is C79H78N5O5+5. The summed E-state index contributed by atoms with van der Waals surface area (Å²) in [5.74, 6) is 5.03. The van der Waals surface area contributed by atoms with Crippen LogP contribution in [0.15, 0.2) is 249 Å². The normalized spacial score (nSPS) is 13.7. The SMILES string of the molecule is C1=[N+](c2ccccc2)COc2ccccc21.CCC(C)(C)c1cccc2c1OC[N+](c1ccccc1)=C2.CCc1cccc2c1OC[N+](c1ccccc1)=C2.Cc1cccc2c1OC[N+](c1ccccc1)=C2.Cc1cccc2c1OC[N+](c1ccccc1)=C2. The van der Waals surface area contributed by atoms with E-state index in [1.165, 1.54) is 22.3 Å². The fourth-order valence-corrected chi connectivity index (χ4v) is 10.9. The predicted octanol–water partition coefficient (Wildman–Crippen LogP) is 16.9. The summed E-state index contributed by atoms with van der Waals surface area (Å²) in [6.45, 7) is 15.9. The number of benzene rings is 10. The Morgan fingerprint density at radius 2 is 0.607 bits per heavy atom. The Balaban J connectivity index is 0.000000115. The van der Waals surface area contributed by atoms with Crippen LogP contribution in [0.1, 0.15) is 84.2 Å². The summed E-state index contributed by atoms with van der Waals surface area (Å²) in [6.07, 6.45) is 12.8. The molecule has 0 aromatic heterocycles. The van der Waals surface area contributed by atoms with E-state index in [9.17, 15) is 0 Å². The van der Waals surface area contributed by atoms with E-state index in [1.54, 1.807) is 0 Å². The predicted molar refractivity (Wildman–Crippen MR) is 359 cm³/mol. The Kier molecular flexibility index (Phi) is 19.5. The van der Waals surface area contributed by atoms with Crippen molar-refractivity contribution < 1.29 is 46.6 Å². The molecule has 10 heteroatoms. The van der Waals surface area contributed by atoms with Gasteiger partial charge in [-0.1, -0.05) is 179 Å². The third kappa shape index (κ3) is 14.9. The number of hydrogen-bond donors (Lipinski definition) is 0. The van der Waals surface area contributed by atoms with Gasteiger partial charge in [0, 0.05) is 66.2 Å². The van der Waals surface area contributed by atoms with E-state index in [0.717, 1.165) is 97.8 Å². The zero-order valence-electron chi connectivity index (χ0n) is 51.8. The van der Waals surface area contributed by atoms with E-state index >= 15 is 0 Å². The van der Waals surface area contributed by atoms with Gasteiger partial charge in [0.05, 0.1) is 27.8 Å². The van der Waals surface area contributed by atoms with Crippen molar-refractivity contribution in [3.63, 3.8) is 0 Å². The third-order valence-electron chi connectivity index (χ3n) is 16.2. The molecule has 0 radical (unpaired) electrons. The quantitative estimate of drug-likeness (QED) is 0.142. The molecule has 0 saturated carbocycles. The zero-order valence-corrected chi connectivity index (χ0v) is 51.8. The number of nitrogens with zero attached hydrogens (tertiary/aromatic N) is 5. The first-order valence-electron chi connectivity index (χ1n) is 30.6. The van der Waals surface area contributed by atoms with Crippen LogP contribution >= 0.6 is 0 Å². The summed E-state index contributed by atoms with van der Waals surface area (Å²) in [6, 6.07) is 84.6. The number of fused-ring (bicyclic) bond motifs is 5. The molecule has 444 valence electrons. The fraction of sp³-hybridized carbons (Fsp3) is 0.177. The molecule has 10 nitrogen and oxygen atoms in total. The molecular weight excluding hydrogens is 1100 g/mol. The number of aryl methyl sites for hydroxylation is 3. The molecule has 5 heterocycles. The summed E-state index contributed by atoms with van der Waals surface area (Å²) < 4.78 is 39.9. The van der Waals surface area contributed by atoms with Gasteiger partial charge in [0.25, 0.3) is 33.7 Å². The van der Waals surface area contributed by atoms with Gasteiger partial charge in [0.1, 0.15) is 28.7 Å². The maximum Gasteiger partial charge on any atom is 0.292 e. The molecule has 0 fully saturated rings. The molecule has 0 spiro atoms. The van der Waals surface area contributed by atoms with Gasteiger partial charge in [-0.25, -0.2) is 0 Å². The van der Waals surface area contributed by atoms with Gasteiger partial charge in [-0.05, 0) is 85.2 Å². The van der Waals surface area contributed by atoms with Crippen LogP contribution in [0.4, 0.5) is 28.4 Å². The largest absolute Gasteiger partial charge is 0.435 e. The first kappa shape index (κ1) is 60.2. The van der Waals surface area contributed by atoms with Crippen LogP contribution in [0.5, 0.6) is 28.7 Å². The van der Waals surface area contributed by atoms with Crippen molar-refractivity contribution in [2.45, 2.75) is 59.8 Å². The van der Waals surface area contributed by atoms with Crippen molar-refractivity contribution in [3.05, 3.63) is 299 Å². The smallest absolute Gasteiger partial charge is 0.292 e. The lowest BCUT2D eigenvalue weighted by molar-refractivity contribution is -0.476. The van der Waals surface area contributed by atoms with Gasteiger partial charge in [0.2, 0.25) is 28.4 Å². The lowest BCUT2D eigenvalue weighted by Crippen LogP contribution is -2.25. The van der Waals surface area contributed by atoms with Crippen molar-refractivity contribution in [2.75, 3.05) is 33.7 Å². The third-order valence-corrected chi connectivity index (χ3v) is 16.2. The second kappa shape index (κ2) is 28.8. The minimum absolute atomic E-state index is 0.133. The second-order valence-electron chi connectivity index (χ2n) is 22.7. The highest BCUT2D eigenvalue weighted by Gasteiger charge is 2.29. The van der Waals surface area contributed by atoms with Crippen LogP contribution in [-0.4, -0.2) is 87.6 Å². The van der Waals surface area contributed by atoms with E-state index in [2.05, 4.69) is 247 Å². The highest BCUT2D eigenvalue weighted by atomic mass is 16.5. The molecule has 89 heavy (non-hydrogen) atoms. The fourth-order valence-electron chi connectivity index (χ4n) is 10.9. The molecule has 0 N–H and O–H groups in total. The molecule has 0 unspecified atom stereocenters. The Labute approximate surface area is 524 Å². The highest BCUT2D eigenvalue weighted by molar-refractivity contribution is 5.85. The van der Waals surface area contributed by atoms with Crippen molar-refractivity contribution >= 4 is 59.5 Å². The summed E-state index contributed by atoms with van der Waals surface area (Å²) in [4.78, 5) is 0. The monoisotopic (exact) mass is 1180 g/mol. The molecule has 0 aliphatic carbocycles. The van der Waals surface area contributed by atoms with Crippen LogP contribution in [0.2, 0.25) is 0 Å². The molecule has 0 bridgehead atoms. The first-order valence-corrected chi connectivity index (χ1v) is 30.6.